The van der Waals surface area contributed by atoms with Crippen LogP contribution in [0.2, 0.25) is 0 Å². The number of ether oxygens (including phenoxy) is 1. The highest BCUT2D eigenvalue weighted by atomic mass is 16.5. The van der Waals surface area contributed by atoms with E-state index in [-0.39, 0.29) is 17.6 Å². The second-order valence-corrected chi connectivity index (χ2v) is 8.48. The number of nitrogens with zero attached hydrogens (tertiary/aromatic N) is 6. The zero-order valence-electron chi connectivity index (χ0n) is 16.7. The standard InChI is InChI=1S/C19H27N7O3/c1-13-23-24-18(28-13)9-25-8-15-14(16-4-5-19(15,10-25)29-16)7-21-17(27)3-2-6-26-12-20-11-22-26/h11-12,14-16H,2-10H2,1H3,(H,21,27)/t14-,15+,16+,19+/m0/s1. The fourth-order valence-electron chi connectivity index (χ4n) is 5.34. The molecular formula is C19H27N7O3. The van der Waals surface area contributed by atoms with Gasteiger partial charge in [0.05, 0.1) is 18.2 Å². The largest absolute Gasteiger partial charge is 0.424 e. The average Bonchev–Trinajstić information content (AvgIpc) is 3.48. The number of nitrogens with one attached hydrogen (secondary N) is 1. The van der Waals surface area contributed by atoms with E-state index in [1.54, 1.807) is 11.0 Å². The first-order valence-electron chi connectivity index (χ1n) is 10.4. The number of hydrogen-bond acceptors (Lipinski definition) is 8. The Balaban J connectivity index is 1.13. The van der Waals surface area contributed by atoms with Gasteiger partial charge in [-0.15, -0.1) is 10.2 Å². The highest BCUT2D eigenvalue weighted by molar-refractivity contribution is 5.75. The molecule has 2 bridgehead atoms. The summed E-state index contributed by atoms with van der Waals surface area (Å²) in [5, 5.41) is 15.2. The number of rotatable bonds is 8. The molecule has 10 heteroatoms. The minimum absolute atomic E-state index is 0.0672. The summed E-state index contributed by atoms with van der Waals surface area (Å²) < 4.78 is 13.7. The third-order valence-electron chi connectivity index (χ3n) is 6.57. The van der Waals surface area contributed by atoms with Crippen LogP contribution in [0.1, 0.15) is 37.5 Å². The monoisotopic (exact) mass is 401 g/mol. The Morgan fingerprint density at radius 1 is 1.41 bits per heavy atom. The number of carbonyl (C=O) groups is 1. The summed E-state index contributed by atoms with van der Waals surface area (Å²) in [7, 11) is 0. The van der Waals surface area contributed by atoms with Crippen LogP contribution in [-0.4, -0.2) is 67.1 Å². The van der Waals surface area contributed by atoms with E-state index in [2.05, 4.69) is 30.5 Å². The predicted molar refractivity (Wildman–Crippen MR) is 100 cm³/mol. The molecule has 29 heavy (non-hydrogen) atoms. The molecule has 1 N–H and O–H groups in total. The van der Waals surface area contributed by atoms with Gasteiger partial charge in [0.15, 0.2) is 0 Å². The molecule has 156 valence electrons. The smallest absolute Gasteiger partial charge is 0.230 e. The van der Waals surface area contributed by atoms with Crippen LogP contribution in [0.5, 0.6) is 0 Å². The van der Waals surface area contributed by atoms with Gasteiger partial charge in [0.25, 0.3) is 0 Å². The molecule has 0 unspecified atom stereocenters. The number of carbonyl (C=O) groups excluding carboxylic acids is 1. The zero-order valence-corrected chi connectivity index (χ0v) is 16.7. The van der Waals surface area contributed by atoms with E-state index >= 15 is 0 Å². The number of aromatic nitrogens is 5. The van der Waals surface area contributed by atoms with Crippen LogP contribution in [-0.2, 0) is 22.6 Å². The molecule has 5 heterocycles. The first-order valence-corrected chi connectivity index (χ1v) is 10.4. The van der Waals surface area contributed by atoms with Gasteiger partial charge in [-0.25, -0.2) is 4.98 Å². The molecule has 3 saturated heterocycles. The second kappa shape index (κ2) is 7.49. The van der Waals surface area contributed by atoms with Crippen molar-refractivity contribution in [3.8, 4) is 0 Å². The molecular weight excluding hydrogens is 374 g/mol. The lowest BCUT2D eigenvalue weighted by atomic mass is 9.73. The molecule has 2 aromatic rings. The van der Waals surface area contributed by atoms with Crippen molar-refractivity contribution < 1.29 is 13.9 Å². The highest BCUT2D eigenvalue weighted by Crippen LogP contribution is 2.54. The summed E-state index contributed by atoms with van der Waals surface area (Å²) in [6.07, 6.45) is 6.88. The fourth-order valence-corrected chi connectivity index (χ4v) is 5.34. The molecule has 3 aliphatic rings. The molecule has 0 aliphatic carbocycles. The number of aryl methyl sites for hydroxylation is 2. The third kappa shape index (κ3) is 3.66. The summed E-state index contributed by atoms with van der Waals surface area (Å²) in [4.78, 5) is 18.6. The van der Waals surface area contributed by atoms with E-state index in [0.29, 0.717) is 49.7 Å². The molecule has 1 spiro atoms. The van der Waals surface area contributed by atoms with Gasteiger partial charge in [-0.05, 0) is 19.3 Å². The molecule has 1 amide bonds. The van der Waals surface area contributed by atoms with Gasteiger partial charge in [0, 0.05) is 51.4 Å². The van der Waals surface area contributed by atoms with Crippen LogP contribution in [0.3, 0.4) is 0 Å². The maximum atomic E-state index is 12.3. The Labute approximate surface area is 169 Å². The van der Waals surface area contributed by atoms with Crippen molar-refractivity contribution in [1.82, 2.24) is 35.2 Å². The van der Waals surface area contributed by atoms with Crippen molar-refractivity contribution in [2.24, 2.45) is 11.8 Å². The Hall–Kier alpha value is -2.33. The van der Waals surface area contributed by atoms with E-state index in [1.165, 1.54) is 6.33 Å². The topological polar surface area (TPSA) is 111 Å². The lowest BCUT2D eigenvalue weighted by molar-refractivity contribution is -0.121. The van der Waals surface area contributed by atoms with Crippen molar-refractivity contribution in [3.63, 3.8) is 0 Å². The van der Waals surface area contributed by atoms with Crippen molar-refractivity contribution in [2.75, 3.05) is 19.6 Å². The molecule has 4 atom stereocenters. The number of amides is 1. The van der Waals surface area contributed by atoms with Crippen molar-refractivity contribution in [3.05, 3.63) is 24.4 Å². The maximum absolute atomic E-state index is 12.3. The number of likely N-dealkylation sites (tertiary alicyclic amines) is 1. The maximum Gasteiger partial charge on any atom is 0.230 e. The molecule has 0 radical (unpaired) electrons. The van der Waals surface area contributed by atoms with Crippen LogP contribution in [0.15, 0.2) is 17.1 Å². The van der Waals surface area contributed by atoms with E-state index in [4.69, 9.17) is 9.15 Å². The minimum atomic E-state index is -0.0672. The molecule has 2 aromatic heterocycles. The zero-order chi connectivity index (χ0) is 19.8. The summed E-state index contributed by atoms with van der Waals surface area (Å²) in [5.41, 5.74) is -0.0672. The first kappa shape index (κ1) is 18.7. The second-order valence-electron chi connectivity index (χ2n) is 8.48. The Morgan fingerprint density at radius 3 is 3.14 bits per heavy atom. The Kier molecular flexibility index (Phi) is 4.83. The highest BCUT2D eigenvalue weighted by Gasteiger charge is 2.62. The van der Waals surface area contributed by atoms with E-state index in [9.17, 15) is 4.79 Å². The van der Waals surface area contributed by atoms with E-state index in [1.807, 2.05) is 6.92 Å². The van der Waals surface area contributed by atoms with Gasteiger partial charge in [0.1, 0.15) is 12.7 Å². The van der Waals surface area contributed by atoms with E-state index < -0.39 is 0 Å². The molecule has 10 nitrogen and oxygen atoms in total. The molecule has 3 aliphatic heterocycles. The molecule has 5 rings (SSSR count). The average molecular weight is 401 g/mol. The lowest BCUT2D eigenvalue weighted by Gasteiger charge is -2.29. The van der Waals surface area contributed by atoms with Gasteiger partial charge in [-0.1, -0.05) is 0 Å². The number of hydrogen-bond donors (Lipinski definition) is 1. The summed E-state index contributed by atoms with van der Waals surface area (Å²) in [6, 6.07) is 0. The third-order valence-corrected chi connectivity index (χ3v) is 6.57. The normalized spacial score (nSPS) is 30.7. The Morgan fingerprint density at radius 2 is 2.34 bits per heavy atom. The lowest BCUT2D eigenvalue weighted by Crippen LogP contribution is -2.41. The first-order chi connectivity index (χ1) is 14.1. The van der Waals surface area contributed by atoms with E-state index in [0.717, 1.165) is 32.4 Å². The summed E-state index contributed by atoms with van der Waals surface area (Å²) in [6.45, 7) is 5.71. The van der Waals surface area contributed by atoms with Crippen molar-refractivity contribution in [2.45, 2.75) is 57.4 Å². The van der Waals surface area contributed by atoms with Gasteiger partial charge < -0.3 is 14.5 Å². The van der Waals surface area contributed by atoms with Gasteiger partial charge in [0.2, 0.25) is 17.7 Å². The summed E-state index contributed by atoms with van der Waals surface area (Å²) in [5.74, 6) is 2.17. The summed E-state index contributed by atoms with van der Waals surface area (Å²) >= 11 is 0. The quantitative estimate of drug-likeness (QED) is 0.682. The van der Waals surface area contributed by atoms with Crippen LogP contribution in [0.25, 0.3) is 0 Å². The van der Waals surface area contributed by atoms with Crippen LogP contribution in [0, 0.1) is 18.8 Å². The van der Waals surface area contributed by atoms with Gasteiger partial charge in [-0.3, -0.25) is 14.4 Å². The fraction of sp³-hybridized carbons (Fsp3) is 0.737. The minimum Gasteiger partial charge on any atom is -0.424 e. The molecule has 0 saturated carbocycles. The van der Waals surface area contributed by atoms with Crippen molar-refractivity contribution in [1.29, 1.82) is 0 Å². The van der Waals surface area contributed by atoms with Crippen LogP contribution >= 0.6 is 0 Å². The van der Waals surface area contributed by atoms with Crippen LogP contribution in [0.4, 0.5) is 0 Å². The van der Waals surface area contributed by atoms with Gasteiger partial charge >= 0.3 is 0 Å². The number of fused-ring (bicyclic) bond motifs is 1. The molecule has 0 aromatic carbocycles. The van der Waals surface area contributed by atoms with Crippen LogP contribution < -0.4 is 5.32 Å². The Bertz CT molecular complexity index is 854. The predicted octanol–water partition coefficient (Wildman–Crippen LogP) is 0.546. The molecule has 3 fully saturated rings. The van der Waals surface area contributed by atoms with Crippen molar-refractivity contribution >= 4 is 5.91 Å². The van der Waals surface area contributed by atoms with Gasteiger partial charge in [-0.2, -0.15) is 5.10 Å². The SMILES string of the molecule is Cc1nnc(CN2C[C@@H]3[C@H](CNC(=O)CCCn4cncn4)[C@H]4CC[C@]3(C2)O4)o1.